The van der Waals surface area contributed by atoms with Crippen molar-refractivity contribution in [3.8, 4) is 0 Å². The van der Waals surface area contributed by atoms with E-state index in [9.17, 15) is 0 Å². The molecular formula is C11H14BrN3S. The smallest absolute Gasteiger partial charge is 0.0952 e. The normalized spacial score (nSPS) is 10.9. The van der Waals surface area contributed by atoms with E-state index in [4.69, 9.17) is 0 Å². The van der Waals surface area contributed by atoms with Gasteiger partial charge in [-0.2, -0.15) is 0 Å². The first-order chi connectivity index (χ1) is 7.78. The van der Waals surface area contributed by atoms with E-state index in [0.717, 1.165) is 25.2 Å². The Labute approximate surface area is 108 Å². The van der Waals surface area contributed by atoms with Gasteiger partial charge in [0.1, 0.15) is 0 Å². The lowest BCUT2D eigenvalue weighted by molar-refractivity contribution is 0.775. The van der Waals surface area contributed by atoms with Crippen molar-refractivity contribution >= 4 is 27.3 Å². The van der Waals surface area contributed by atoms with Crippen molar-refractivity contribution in [1.82, 2.24) is 14.9 Å². The van der Waals surface area contributed by atoms with Gasteiger partial charge in [-0.3, -0.25) is 0 Å². The maximum atomic E-state index is 4.37. The molecule has 0 atom stereocenters. The number of thiophene rings is 1. The molecule has 2 aromatic heterocycles. The summed E-state index contributed by atoms with van der Waals surface area (Å²) in [6.07, 6.45) is 5.00. The first-order valence-electron chi connectivity index (χ1n) is 5.17. The molecule has 2 rings (SSSR count). The SMILES string of the molecule is CNCCc1cn(Cc2ccc(Br)s2)cn1. The summed E-state index contributed by atoms with van der Waals surface area (Å²) in [5, 5.41) is 3.13. The lowest BCUT2D eigenvalue weighted by atomic mass is 10.3. The van der Waals surface area contributed by atoms with Gasteiger partial charge in [-0.15, -0.1) is 11.3 Å². The van der Waals surface area contributed by atoms with Gasteiger partial charge in [0.2, 0.25) is 0 Å². The van der Waals surface area contributed by atoms with Gasteiger partial charge >= 0.3 is 0 Å². The summed E-state index contributed by atoms with van der Waals surface area (Å²) in [7, 11) is 1.96. The van der Waals surface area contributed by atoms with Gasteiger partial charge in [-0.25, -0.2) is 4.98 Å². The highest BCUT2D eigenvalue weighted by Gasteiger charge is 2.01. The van der Waals surface area contributed by atoms with Crippen LogP contribution < -0.4 is 5.32 Å². The number of rotatable bonds is 5. The van der Waals surface area contributed by atoms with Crippen LogP contribution in [0, 0.1) is 0 Å². The number of likely N-dealkylation sites (N-methyl/N-ethyl adjacent to an activating group) is 1. The molecule has 0 fully saturated rings. The topological polar surface area (TPSA) is 29.9 Å². The monoisotopic (exact) mass is 299 g/mol. The summed E-state index contributed by atoms with van der Waals surface area (Å²) in [5.74, 6) is 0. The minimum absolute atomic E-state index is 0.906. The number of nitrogens with one attached hydrogen (secondary N) is 1. The van der Waals surface area contributed by atoms with E-state index < -0.39 is 0 Å². The van der Waals surface area contributed by atoms with Crippen LogP contribution in [-0.4, -0.2) is 23.1 Å². The van der Waals surface area contributed by atoms with Crippen LogP contribution in [0.2, 0.25) is 0 Å². The maximum Gasteiger partial charge on any atom is 0.0952 e. The predicted octanol–water partition coefficient (Wildman–Crippen LogP) is 2.52. The van der Waals surface area contributed by atoms with Crippen LogP contribution in [0.25, 0.3) is 0 Å². The highest BCUT2D eigenvalue weighted by molar-refractivity contribution is 9.11. The van der Waals surface area contributed by atoms with Crippen LogP contribution in [0.4, 0.5) is 0 Å². The molecule has 2 aromatic rings. The standard InChI is InChI=1S/C11H14BrN3S/c1-13-5-4-9-6-15(8-14-9)7-10-2-3-11(12)16-10/h2-3,6,8,13H,4-5,7H2,1H3. The van der Waals surface area contributed by atoms with E-state index in [1.54, 1.807) is 11.3 Å². The fourth-order valence-corrected chi connectivity index (χ4v) is 2.98. The Kier molecular flexibility index (Phi) is 4.15. The van der Waals surface area contributed by atoms with Crippen LogP contribution in [-0.2, 0) is 13.0 Å². The number of aromatic nitrogens is 2. The van der Waals surface area contributed by atoms with E-state index in [2.05, 4.69) is 49.1 Å². The van der Waals surface area contributed by atoms with Gasteiger partial charge in [0.25, 0.3) is 0 Å². The second kappa shape index (κ2) is 5.61. The van der Waals surface area contributed by atoms with E-state index in [-0.39, 0.29) is 0 Å². The molecule has 0 radical (unpaired) electrons. The van der Waals surface area contributed by atoms with Crippen LogP contribution in [0.15, 0.2) is 28.4 Å². The molecule has 0 bridgehead atoms. The number of hydrogen-bond donors (Lipinski definition) is 1. The summed E-state index contributed by atoms with van der Waals surface area (Å²) in [6, 6.07) is 4.22. The Hall–Kier alpha value is -0.650. The van der Waals surface area contributed by atoms with E-state index in [1.165, 1.54) is 8.66 Å². The van der Waals surface area contributed by atoms with Crippen molar-refractivity contribution in [3.63, 3.8) is 0 Å². The Morgan fingerprint density at radius 2 is 2.38 bits per heavy atom. The molecule has 1 N–H and O–H groups in total. The molecule has 86 valence electrons. The minimum Gasteiger partial charge on any atom is -0.332 e. The molecule has 3 nitrogen and oxygen atoms in total. The summed E-state index contributed by atoms with van der Waals surface area (Å²) in [5.41, 5.74) is 1.14. The maximum absolute atomic E-state index is 4.37. The van der Waals surface area contributed by atoms with Crippen molar-refractivity contribution in [2.75, 3.05) is 13.6 Å². The average molecular weight is 300 g/mol. The van der Waals surface area contributed by atoms with Crippen molar-refractivity contribution < 1.29 is 0 Å². The Morgan fingerprint density at radius 1 is 1.50 bits per heavy atom. The highest BCUT2D eigenvalue weighted by Crippen LogP contribution is 2.22. The summed E-state index contributed by atoms with van der Waals surface area (Å²) in [4.78, 5) is 5.71. The van der Waals surface area contributed by atoms with Crippen LogP contribution in [0.3, 0.4) is 0 Å². The lowest BCUT2D eigenvalue weighted by Gasteiger charge is -1.98. The average Bonchev–Trinajstić information content (AvgIpc) is 2.86. The first-order valence-corrected chi connectivity index (χ1v) is 6.78. The lowest BCUT2D eigenvalue weighted by Crippen LogP contribution is -2.10. The summed E-state index contributed by atoms with van der Waals surface area (Å²) >= 11 is 5.24. The Bertz CT molecular complexity index is 450. The highest BCUT2D eigenvalue weighted by atomic mass is 79.9. The van der Waals surface area contributed by atoms with Gasteiger partial charge in [0.15, 0.2) is 0 Å². The molecule has 0 aromatic carbocycles. The van der Waals surface area contributed by atoms with Gasteiger partial charge in [0.05, 0.1) is 22.4 Å². The fourth-order valence-electron chi connectivity index (χ4n) is 1.49. The number of hydrogen-bond acceptors (Lipinski definition) is 3. The second-order valence-electron chi connectivity index (χ2n) is 3.60. The summed E-state index contributed by atoms with van der Waals surface area (Å²) in [6.45, 7) is 1.88. The van der Waals surface area contributed by atoms with E-state index in [1.807, 2.05) is 13.4 Å². The first kappa shape index (κ1) is 11.8. The zero-order valence-corrected chi connectivity index (χ0v) is 11.5. The van der Waals surface area contributed by atoms with Crippen LogP contribution in [0.5, 0.6) is 0 Å². The minimum atomic E-state index is 0.906. The van der Waals surface area contributed by atoms with E-state index >= 15 is 0 Å². The van der Waals surface area contributed by atoms with E-state index in [0.29, 0.717) is 0 Å². The molecule has 16 heavy (non-hydrogen) atoms. The molecule has 0 saturated carbocycles. The number of halogens is 1. The Morgan fingerprint density at radius 3 is 3.06 bits per heavy atom. The molecule has 0 aliphatic carbocycles. The third kappa shape index (κ3) is 3.17. The van der Waals surface area contributed by atoms with Crippen LogP contribution in [0.1, 0.15) is 10.6 Å². The van der Waals surface area contributed by atoms with Crippen LogP contribution >= 0.6 is 27.3 Å². The second-order valence-corrected chi connectivity index (χ2v) is 6.14. The molecule has 0 aliphatic rings. The molecule has 0 spiro atoms. The molecule has 0 unspecified atom stereocenters. The zero-order valence-electron chi connectivity index (χ0n) is 9.11. The molecule has 2 heterocycles. The molecule has 0 saturated heterocycles. The van der Waals surface area contributed by atoms with Crippen molar-refractivity contribution in [3.05, 3.63) is 39.0 Å². The van der Waals surface area contributed by atoms with Gasteiger partial charge in [0, 0.05) is 24.0 Å². The molecule has 0 aliphatic heterocycles. The summed E-state index contributed by atoms with van der Waals surface area (Å²) < 4.78 is 3.31. The zero-order chi connectivity index (χ0) is 11.4. The molecule has 5 heteroatoms. The predicted molar refractivity (Wildman–Crippen MR) is 71.0 cm³/mol. The van der Waals surface area contributed by atoms with Gasteiger partial charge < -0.3 is 9.88 Å². The number of nitrogens with zero attached hydrogens (tertiary/aromatic N) is 2. The largest absolute Gasteiger partial charge is 0.332 e. The van der Waals surface area contributed by atoms with Gasteiger partial charge in [-0.05, 0) is 35.1 Å². The fraction of sp³-hybridized carbons (Fsp3) is 0.364. The van der Waals surface area contributed by atoms with Crippen molar-refractivity contribution in [2.24, 2.45) is 0 Å². The molecular weight excluding hydrogens is 286 g/mol. The van der Waals surface area contributed by atoms with Gasteiger partial charge in [-0.1, -0.05) is 0 Å². The Balaban J connectivity index is 1.97. The van der Waals surface area contributed by atoms with Crippen molar-refractivity contribution in [2.45, 2.75) is 13.0 Å². The quantitative estimate of drug-likeness (QED) is 0.919. The third-order valence-corrected chi connectivity index (χ3v) is 3.89. The van der Waals surface area contributed by atoms with Crippen molar-refractivity contribution in [1.29, 1.82) is 0 Å². The third-order valence-electron chi connectivity index (χ3n) is 2.29. The number of imidazole rings is 1. The molecule has 0 amide bonds.